The lowest BCUT2D eigenvalue weighted by atomic mass is 10.2. The Kier molecular flexibility index (Phi) is 2.00. The number of hydrogen-bond donors (Lipinski definition) is 2. The standard InChI is InChI=1S/C9H11N3O/c1-6-12-8-4-7(5-11-10)2-3-9(8)13-6/h2-4,11H,5,10H2,1H3. The molecule has 0 atom stereocenters. The molecule has 1 aromatic heterocycles. The summed E-state index contributed by atoms with van der Waals surface area (Å²) < 4.78 is 5.34. The van der Waals surface area contributed by atoms with E-state index >= 15 is 0 Å². The van der Waals surface area contributed by atoms with E-state index in [4.69, 9.17) is 10.3 Å². The molecular formula is C9H11N3O. The second kappa shape index (κ2) is 3.16. The smallest absolute Gasteiger partial charge is 0.192 e. The molecule has 0 unspecified atom stereocenters. The van der Waals surface area contributed by atoms with Crippen LogP contribution < -0.4 is 11.3 Å². The predicted octanol–water partition coefficient (Wildman–Crippen LogP) is 1.10. The quantitative estimate of drug-likeness (QED) is 0.532. The number of nitrogens with one attached hydrogen (secondary N) is 1. The van der Waals surface area contributed by atoms with Crippen LogP contribution in [0.1, 0.15) is 11.5 Å². The number of benzene rings is 1. The molecule has 0 fully saturated rings. The number of aromatic nitrogens is 1. The maximum Gasteiger partial charge on any atom is 0.192 e. The van der Waals surface area contributed by atoms with Crippen LogP contribution in [0.3, 0.4) is 0 Å². The average Bonchev–Trinajstić information content (AvgIpc) is 2.44. The molecule has 0 radical (unpaired) electrons. The van der Waals surface area contributed by atoms with Crippen LogP contribution in [-0.2, 0) is 6.54 Å². The SMILES string of the molecule is Cc1nc2cc(CNN)ccc2o1. The first kappa shape index (κ1) is 8.22. The summed E-state index contributed by atoms with van der Waals surface area (Å²) in [5, 5.41) is 0. The van der Waals surface area contributed by atoms with Crippen molar-refractivity contribution in [3.63, 3.8) is 0 Å². The highest BCUT2D eigenvalue weighted by Gasteiger charge is 2.01. The topological polar surface area (TPSA) is 64.1 Å². The van der Waals surface area contributed by atoms with E-state index in [9.17, 15) is 0 Å². The molecule has 0 spiro atoms. The molecule has 3 N–H and O–H groups in total. The zero-order chi connectivity index (χ0) is 9.26. The van der Waals surface area contributed by atoms with Crippen molar-refractivity contribution < 1.29 is 4.42 Å². The van der Waals surface area contributed by atoms with Crippen molar-refractivity contribution in [1.82, 2.24) is 10.4 Å². The average molecular weight is 177 g/mol. The Morgan fingerprint density at radius 1 is 1.54 bits per heavy atom. The highest BCUT2D eigenvalue weighted by atomic mass is 16.3. The van der Waals surface area contributed by atoms with Gasteiger partial charge in [0.15, 0.2) is 11.5 Å². The van der Waals surface area contributed by atoms with Crippen molar-refractivity contribution in [2.24, 2.45) is 5.84 Å². The number of nitrogens with two attached hydrogens (primary N) is 1. The molecule has 0 aliphatic rings. The summed E-state index contributed by atoms with van der Waals surface area (Å²) in [7, 11) is 0. The molecule has 2 aromatic rings. The van der Waals surface area contributed by atoms with Crippen LogP contribution in [0, 0.1) is 6.92 Å². The van der Waals surface area contributed by atoms with Gasteiger partial charge in [0.1, 0.15) is 5.52 Å². The van der Waals surface area contributed by atoms with Crippen LogP contribution in [0.25, 0.3) is 11.1 Å². The first-order valence-electron chi connectivity index (χ1n) is 4.09. The van der Waals surface area contributed by atoms with Gasteiger partial charge in [-0.15, -0.1) is 0 Å². The number of hydrogen-bond acceptors (Lipinski definition) is 4. The molecule has 68 valence electrons. The normalized spacial score (nSPS) is 10.9. The Bertz CT molecular complexity index is 422. The minimum atomic E-state index is 0.641. The molecule has 0 aliphatic carbocycles. The minimum absolute atomic E-state index is 0.641. The van der Waals surface area contributed by atoms with Gasteiger partial charge in [-0.1, -0.05) is 6.07 Å². The molecule has 1 heterocycles. The molecule has 0 saturated carbocycles. The lowest BCUT2D eigenvalue weighted by Gasteiger charge is -1.97. The van der Waals surface area contributed by atoms with Gasteiger partial charge in [-0.25, -0.2) is 4.98 Å². The van der Waals surface area contributed by atoms with Crippen molar-refractivity contribution >= 4 is 11.1 Å². The summed E-state index contributed by atoms with van der Waals surface area (Å²) >= 11 is 0. The zero-order valence-corrected chi connectivity index (χ0v) is 7.37. The van der Waals surface area contributed by atoms with Crippen LogP contribution in [0.5, 0.6) is 0 Å². The second-order valence-electron chi connectivity index (χ2n) is 2.92. The van der Waals surface area contributed by atoms with E-state index < -0.39 is 0 Å². The molecule has 13 heavy (non-hydrogen) atoms. The molecule has 0 saturated heterocycles. The predicted molar refractivity (Wildman–Crippen MR) is 49.8 cm³/mol. The third-order valence-electron chi connectivity index (χ3n) is 1.87. The molecule has 0 aliphatic heterocycles. The van der Waals surface area contributed by atoms with Crippen LogP contribution in [0.15, 0.2) is 22.6 Å². The van der Waals surface area contributed by atoms with Gasteiger partial charge in [-0.05, 0) is 17.7 Å². The summed E-state index contributed by atoms with van der Waals surface area (Å²) in [6.07, 6.45) is 0. The van der Waals surface area contributed by atoms with Crippen molar-refractivity contribution in [3.8, 4) is 0 Å². The van der Waals surface area contributed by atoms with Crippen molar-refractivity contribution in [3.05, 3.63) is 29.7 Å². The van der Waals surface area contributed by atoms with E-state index in [1.807, 2.05) is 25.1 Å². The minimum Gasteiger partial charge on any atom is -0.441 e. The number of fused-ring (bicyclic) bond motifs is 1. The third-order valence-corrected chi connectivity index (χ3v) is 1.87. The van der Waals surface area contributed by atoms with Gasteiger partial charge in [0, 0.05) is 13.5 Å². The lowest BCUT2D eigenvalue weighted by Crippen LogP contribution is -2.20. The van der Waals surface area contributed by atoms with Gasteiger partial charge in [0.25, 0.3) is 0 Å². The highest BCUT2D eigenvalue weighted by Crippen LogP contribution is 2.16. The van der Waals surface area contributed by atoms with Gasteiger partial charge in [-0.2, -0.15) is 0 Å². The summed E-state index contributed by atoms with van der Waals surface area (Å²) in [5.41, 5.74) is 5.40. The monoisotopic (exact) mass is 177 g/mol. The molecule has 4 heteroatoms. The van der Waals surface area contributed by atoms with Gasteiger partial charge >= 0.3 is 0 Å². The van der Waals surface area contributed by atoms with Crippen molar-refractivity contribution in [1.29, 1.82) is 0 Å². The summed E-state index contributed by atoms with van der Waals surface area (Å²) in [5.74, 6) is 5.90. The van der Waals surface area contributed by atoms with E-state index in [2.05, 4.69) is 10.4 Å². The van der Waals surface area contributed by atoms with Crippen LogP contribution in [-0.4, -0.2) is 4.98 Å². The molecule has 0 bridgehead atoms. The summed E-state index contributed by atoms with van der Waals surface area (Å²) in [4.78, 5) is 4.22. The maximum atomic E-state index is 5.34. The molecule has 2 rings (SSSR count). The largest absolute Gasteiger partial charge is 0.441 e. The Morgan fingerprint density at radius 3 is 3.15 bits per heavy atom. The summed E-state index contributed by atoms with van der Waals surface area (Å²) in [6.45, 7) is 2.47. The fraction of sp³-hybridized carbons (Fsp3) is 0.222. The maximum absolute atomic E-state index is 5.34. The Morgan fingerprint density at radius 2 is 2.38 bits per heavy atom. The Hall–Kier alpha value is -1.39. The zero-order valence-electron chi connectivity index (χ0n) is 7.37. The molecule has 0 amide bonds. The van der Waals surface area contributed by atoms with Gasteiger partial charge in [-0.3, -0.25) is 11.3 Å². The van der Waals surface area contributed by atoms with Crippen molar-refractivity contribution in [2.75, 3.05) is 0 Å². The number of oxazole rings is 1. The number of hydrazine groups is 1. The van der Waals surface area contributed by atoms with Gasteiger partial charge in [0.2, 0.25) is 0 Å². The highest BCUT2D eigenvalue weighted by molar-refractivity contribution is 5.73. The van der Waals surface area contributed by atoms with E-state index in [1.165, 1.54) is 0 Å². The number of nitrogens with zero attached hydrogens (tertiary/aromatic N) is 1. The molecule has 1 aromatic carbocycles. The van der Waals surface area contributed by atoms with Crippen LogP contribution >= 0.6 is 0 Å². The second-order valence-corrected chi connectivity index (χ2v) is 2.92. The number of aryl methyl sites for hydroxylation is 1. The van der Waals surface area contributed by atoms with E-state index in [0.717, 1.165) is 16.7 Å². The summed E-state index contributed by atoms with van der Waals surface area (Å²) in [6, 6.07) is 5.83. The van der Waals surface area contributed by atoms with E-state index in [-0.39, 0.29) is 0 Å². The van der Waals surface area contributed by atoms with Crippen LogP contribution in [0.2, 0.25) is 0 Å². The van der Waals surface area contributed by atoms with E-state index in [1.54, 1.807) is 0 Å². The first-order chi connectivity index (χ1) is 6.29. The fourth-order valence-corrected chi connectivity index (χ4v) is 1.32. The number of rotatable bonds is 2. The fourth-order valence-electron chi connectivity index (χ4n) is 1.32. The molecular weight excluding hydrogens is 166 g/mol. The van der Waals surface area contributed by atoms with Crippen molar-refractivity contribution in [2.45, 2.75) is 13.5 Å². The Labute approximate surface area is 75.7 Å². The van der Waals surface area contributed by atoms with Gasteiger partial charge in [0.05, 0.1) is 0 Å². The Balaban J connectivity index is 2.48. The first-order valence-corrected chi connectivity index (χ1v) is 4.09. The molecule has 4 nitrogen and oxygen atoms in total. The van der Waals surface area contributed by atoms with Crippen LogP contribution in [0.4, 0.5) is 0 Å². The van der Waals surface area contributed by atoms with E-state index in [0.29, 0.717) is 12.4 Å². The van der Waals surface area contributed by atoms with Gasteiger partial charge < -0.3 is 4.42 Å². The lowest BCUT2D eigenvalue weighted by molar-refractivity contribution is 0.561. The third kappa shape index (κ3) is 1.54.